The largest absolute Gasteiger partial charge is 0.250 e. The highest BCUT2D eigenvalue weighted by molar-refractivity contribution is 9.09. The lowest BCUT2D eigenvalue weighted by Crippen LogP contribution is -2.29. The van der Waals surface area contributed by atoms with Crippen molar-refractivity contribution < 1.29 is 8.42 Å². The highest BCUT2D eigenvalue weighted by atomic mass is 79.9. The predicted octanol–water partition coefficient (Wildman–Crippen LogP) is 3.88. The zero-order valence-corrected chi connectivity index (χ0v) is 14.1. The van der Waals surface area contributed by atoms with Gasteiger partial charge in [-0.25, -0.2) is 13.1 Å². The van der Waals surface area contributed by atoms with Crippen LogP contribution >= 0.6 is 38.9 Å². The molecule has 1 unspecified atom stereocenters. The molecule has 0 aliphatic rings. The zero-order valence-electron chi connectivity index (χ0n) is 10.2. The van der Waals surface area contributed by atoms with Gasteiger partial charge in [-0.15, -0.1) is 11.3 Å². The Bertz CT molecular complexity index is 455. The third-order valence-corrected chi connectivity index (χ3v) is 6.19. The Morgan fingerprint density at radius 3 is 2.67 bits per heavy atom. The van der Waals surface area contributed by atoms with Crippen LogP contribution in [0.15, 0.2) is 16.3 Å². The predicted molar refractivity (Wildman–Crippen MR) is 81.3 cm³/mol. The molecule has 0 bridgehead atoms. The standard InChI is InChI=1S/C11H17BrClNO2S2/c1-2-3-9(6-7-12)8-14-18(15,16)11-5-4-10(13)17-11/h4-5,9,14H,2-3,6-8H2,1H3. The van der Waals surface area contributed by atoms with Crippen LogP contribution in [0.25, 0.3) is 0 Å². The lowest BCUT2D eigenvalue weighted by molar-refractivity contribution is 0.459. The fraction of sp³-hybridized carbons (Fsp3) is 0.636. The maximum Gasteiger partial charge on any atom is 0.250 e. The molecule has 0 spiro atoms. The van der Waals surface area contributed by atoms with Crippen molar-refractivity contribution in [3.05, 3.63) is 16.5 Å². The van der Waals surface area contributed by atoms with E-state index in [-0.39, 0.29) is 4.21 Å². The van der Waals surface area contributed by atoms with Crippen LogP contribution in [0, 0.1) is 5.92 Å². The van der Waals surface area contributed by atoms with E-state index < -0.39 is 10.0 Å². The first-order valence-electron chi connectivity index (χ1n) is 5.80. The smallest absolute Gasteiger partial charge is 0.210 e. The van der Waals surface area contributed by atoms with Crippen LogP contribution in [-0.2, 0) is 10.0 Å². The minimum atomic E-state index is -3.40. The number of hydrogen-bond donors (Lipinski definition) is 1. The normalized spacial score (nSPS) is 13.7. The summed E-state index contributed by atoms with van der Waals surface area (Å²) in [5, 5.41) is 0.893. The van der Waals surface area contributed by atoms with E-state index in [1.54, 1.807) is 6.07 Å². The summed E-state index contributed by atoms with van der Waals surface area (Å²) in [4.78, 5) is 0. The fourth-order valence-corrected chi connectivity index (χ4v) is 4.94. The second-order valence-corrected chi connectivity index (χ2v) is 8.54. The highest BCUT2D eigenvalue weighted by Crippen LogP contribution is 2.25. The van der Waals surface area contributed by atoms with Crippen LogP contribution in [-0.4, -0.2) is 20.3 Å². The minimum Gasteiger partial charge on any atom is -0.210 e. The van der Waals surface area contributed by atoms with E-state index in [1.807, 2.05) is 0 Å². The molecule has 104 valence electrons. The molecule has 7 heteroatoms. The molecule has 1 rings (SSSR count). The van der Waals surface area contributed by atoms with E-state index in [4.69, 9.17) is 11.6 Å². The molecule has 1 heterocycles. The molecule has 1 atom stereocenters. The van der Waals surface area contributed by atoms with E-state index in [9.17, 15) is 8.42 Å². The molecule has 0 aliphatic heterocycles. The molecule has 0 saturated carbocycles. The van der Waals surface area contributed by atoms with Gasteiger partial charge >= 0.3 is 0 Å². The average Bonchev–Trinajstić information content (AvgIpc) is 2.74. The maximum absolute atomic E-state index is 12.0. The van der Waals surface area contributed by atoms with Crippen LogP contribution in [0.1, 0.15) is 26.2 Å². The number of rotatable bonds is 8. The Balaban J connectivity index is 2.60. The van der Waals surface area contributed by atoms with E-state index >= 15 is 0 Å². The molecule has 0 fully saturated rings. The van der Waals surface area contributed by atoms with Gasteiger partial charge in [0.2, 0.25) is 10.0 Å². The summed E-state index contributed by atoms with van der Waals surface area (Å²) in [7, 11) is -3.40. The molecule has 18 heavy (non-hydrogen) atoms. The van der Waals surface area contributed by atoms with Crippen molar-refractivity contribution >= 4 is 48.9 Å². The molecule has 0 saturated heterocycles. The van der Waals surface area contributed by atoms with Gasteiger partial charge in [0.25, 0.3) is 0 Å². The number of nitrogens with one attached hydrogen (secondary N) is 1. The Kier molecular flexibility index (Phi) is 7.16. The summed E-state index contributed by atoms with van der Waals surface area (Å²) in [5.41, 5.74) is 0. The Hall–Kier alpha value is 0.380. The number of alkyl halides is 1. The summed E-state index contributed by atoms with van der Waals surface area (Å²) in [5.74, 6) is 0.375. The Morgan fingerprint density at radius 2 is 2.17 bits per heavy atom. The molecule has 0 radical (unpaired) electrons. The quantitative estimate of drug-likeness (QED) is 0.702. The molecule has 1 aromatic heterocycles. The number of thiophene rings is 1. The molecule has 1 N–H and O–H groups in total. The average molecular weight is 375 g/mol. The molecular weight excluding hydrogens is 358 g/mol. The molecule has 0 aliphatic carbocycles. The second kappa shape index (κ2) is 7.85. The molecule has 0 amide bonds. The van der Waals surface area contributed by atoms with Crippen molar-refractivity contribution in [3.63, 3.8) is 0 Å². The van der Waals surface area contributed by atoms with Crippen LogP contribution in [0.2, 0.25) is 4.34 Å². The summed E-state index contributed by atoms with van der Waals surface area (Å²) in [6.45, 7) is 2.59. The van der Waals surface area contributed by atoms with Gasteiger partial charge in [0.15, 0.2) is 0 Å². The number of sulfonamides is 1. The summed E-state index contributed by atoms with van der Waals surface area (Å²) >= 11 is 10.2. The minimum absolute atomic E-state index is 0.279. The van der Waals surface area contributed by atoms with Crippen molar-refractivity contribution in [1.82, 2.24) is 4.72 Å². The Labute approximate surface area is 126 Å². The third kappa shape index (κ3) is 5.17. The molecule has 3 nitrogen and oxygen atoms in total. The van der Waals surface area contributed by atoms with Gasteiger partial charge in [-0.1, -0.05) is 40.9 Å². The van der Waals surface area contributed by atoms with Crippen LogP contribution in [0.3, 0.4) is 0 Å². The van der Waals surface area contributed by atoms with E-state index in [2.05, 4.69) is 27.6 Å². The molecule has 0 aromatic carbocycles. The maximum atomic E-state index is 12.0. The van der Waals surface area contributed by atoms with Crippen molar-refractivity contribution in [3.8, 4) is 0 Å². The summed E-state index contributed by atoms with van der Waals surface area (Å²) in [6.07, 6.45) is 3.06. The van der Waals surface area contributed by atoms with Gasteiger partial charge in [-0.3, -0.25) is 0 Å². The van der Waals surface area contributed by atoms with Gasteiger partial charge in [-0.05, 0) is 30.9 Å². The van der Waals surface area contributed by atoms with Gasteiger partial charge in [-0.2, -0.15) is 0 Å². The van der Waals surface area contributed by atoms with Crippen LogP contribution < -0.4 is 4.72 Å². The van der Waals surface area contributed by atoms with E-state index in [0.717, 1.165) is 35.9 Å². The van der Waals surface area contributed by atoms with Gasteiger partial charge in [0.1, 0.15) is 4.21 Å². The lowest BCUT2D eigenvalue weighted by Gasteiger charge is -2.15. The van der Waals surface area contributed by atoms with Crippen LogP contribution in [0.5, 0.6) is 0 Å². The summed E-state index contributed by atoms with van der Waals surface area (Å²) in [6, 6.07) is 3.14. The Morgan fingerprint density at radius 1 is 1.44 bits per heavy atom. The van der Waals surface area contributed by atoms with Crippen molar-refractivity contribution in [2.24, 2.45) is 5.92 Å². The topological polar surface area (TPSA) is 46.2 Å². The van der Waals surface area contributed by atoms with Gasteiger partial charge in [0, 0.05) is 11.9 Å². The van der Waals surface area contributed by atoms with E-state index in [1.165, 1.54) is 6.07 Å². The van der Waals surface area contributed by atoms with Gasteiger partial charge < -0.3 is 0 Å². The van der Waals surface area contributed by atoms with Gasteiger partial charge in [0.05, 0.1) is 4.34 Å². The highest BCUT2D eigenvalue weighted by Gasteiger charge is 2.18. The zero-order chi connectivity index (χ0) is 13.6. The number of hydrogen-bond acceptors (Lipinski definition) is 3. The number of halogens is 2. The van der Waals surface area contributed by atoms with Crippen LogP contribution in [0.4, 0.5) is 0 Å². The monoisotopic (exact) mass is 373 g/mol. The van der Waals surface area contributed by atoms with Crippen molar-refractivity contribution in [2.45, 2.75) is 30.4 Å². The summed E-state index contributed by atoms with van der Waals surface area (Å²) < 4.78 is 27.4. The first kappa shape index (κ1) is 16.4. The molecular formula is C11H17BrClNO2S2. The third-order valence-electron chi connectivity index (χ3n) is 2.59. The second-order valence-electron chi connectivity index (χ2n) is 4.04. The lowest BCUT2D eigenvalue weighted by atomic mass is 10.0. The van der Waals surface area contributed by atoms with Crippen molar-refractivity contribution in [2.75, 3.05) is 11.9 Å². The van der Waals surface area contributed by atoms with Crippen molar-refractivity contribution in [1.29, 1.82) is 0 Å². The first-order chi connectivity index (χ1) is 8.49. The van der Waals surface area contributed by atoms with E-state index in [0.29, 0.717) is 16.8 Å². The first-order valence-corrected chi connectivity index (χ1v) is 9.60. The SMILES string of the molecule is CCCC(CCBr)CNS(=O)(=O)c1ccc(Cl)s1. The molecule has 1 aromatic rings. The fourth-order valence-electron chi connectivity index (χ4n) is 1.65.